The number of carbonyl (C=O) groups is 1. The molecule has 0 saturated heterocycles. The number of anilines is 1. The fraction of sp³-hybridized carbons (Fsp3) is 0.417. The number of hydrogen-bond acceptors (Lipinski definition) is 3. The smallest absolute Gasteiger partial charge is 0.411 e. The lowest BCUT2D eigenvalue weighted by molar-refractivity contribution is 0.203. The molecule has 0 saturated carbocycles. The maximum atomic E-state index is 10.9. The average molecular weight is 255 g/mol. The molecule has 0 bridgehead atoms. The number of ether oxygens (including phenoxy) is 1. The van der Waals surface area contributed by atoms with Gasteiger partial charge in [0, 0.05) is 7.05 Å². The summed E-state index contributed by atoms with van der Waals surface area (Å²) in [5, 5.41) is 8.97. The van der Waals surface area contributed by atoms with E-state index in [4.69, 9.17) is 9.84 Å². The average Bonchev–Trinajstić information content (AvgIpc) is 2.35. The zero-order valence-electron chi connectivity index (χ0n) is 10.2. The van der Waals surface area contributed by atoms with Gasteiger partial charge in [0.25, 0.3) is 0 Å². The summed E-state index contributed by atoms with van der Waals surface area (Å²) in [7, 11) is 1.50. The first-order chi connectivity index (χ1) is 8.10. The lowest BCUT2D eigenvalue weighted by atomic mass is 10.3. The van der Waals surface area contributed by atoms with E-state index in [1.807, 2.05) is 19.2 Å². The van der Waals surface area contributed by atoms with E-state index in [0.717, 1.165) is 11.3 Å². The summed E-state index contributed by atoms with van der Waals surface area (Å²) in [4.78, 5) is 12.1. The number of rotatable bonds is 5. The van der Waals surface area contributed by atoms with Crippen molar-refractivity contribution in [1.82, 2.24) is 0 Å². The number of nitrogens with zero attached hydrogens (tertiary/aromatic N) is 1. The van der Waals surface area contributed by atoms with E-state index in [1.165, 1.54) is 7.05 Å². The third-order valence-electron chi connectivity index (χ3n) is 2.37. The zero-order chi connectivity index (χ0) is 12.8. The van der Waals surface area contributed by atoms with Gasteiger partial charge < -0.3 is 9.84 Å². The second-order valence-corrected chi connectivity index (χ2v) is 4.50. The highest BCUT2D eigenvalue weighted by atomic mass is 32.2. The highest BCUT2D eigenvalue weighted by molar-refractivity contribution is 7.99. The molecule has 1 atom stereocenters. The second-order valence-electron chi connectivity index (χ2n) is 3.50. The van der Waals surface area contributed by atoms with Crippen molar-refractivity contribution in [2.75, 3.05) is 18.2 Å². The summed E-state index contributed by atoms with van der Waals surface area (Å²) < 4.78 is 5.77. The molecule has 94 valence electrons. The van der Waals surface area contributed by atoms with Gasteiger partial charge in [0.2, 0.25) is 0 Å². The van der Waals surface area contributed by atoms with E-state index in [-0.39, 0.29) is 5.44 Å². The SMILES string of the molecule is CCC(Oc1ccccc1N(C)C(=O)O)SC. The van der Waals surface area contributed by atoms with Gasteiger partial charge in [-0.25, -0.2) is 4.79 Å². The van der Waals surface area contributed by atoms with Crippen LogP contribution in [0.3, 0.4) is 0 Å². The molecule has 0 radical (unpaired) electrons. The summed E-state index contributed by atoms with van der Waals surface area (Å²) in [6.07, 6.45) is 1.84. The molecule has 1 rings (SSSR count). The Morgan fingerprint density at radius 2 is 2.18 bits per heavy atom. The van der Waals surface area contributed by atoms with E-state index in [1.54, 1.807) is 30.0 Å². The van der Waals surface area contributed by atoms with Crippen molar-refractivity contribution in [3.63, 3.8) is 0 Å². The molecule has 17 heavy (non-hydrogen) atoms. The molecule has 1 aromatic rings. The van der Waals surface area contributed by atoms with Crippen molar-refractivity contribution in [1.29, 1.82) is 0 Å². The molecule has 1 unspecified atom stereocenters. The Morgan fingerprint density at radius 1 is 1.53 bits per heavy atom. The minimum absolute atomic E-state index is 0.0401. The van der Waals surface area contributed by atoms with E-state index >= 15 is 0 Å². The van der Waals surface area contributed by atoms with Gasteiger partial charge in [0.05, 0.1) is 5.69 Å². The molecule has 0 fully saturated rings. The minimum atomic E-state index is -1.00. The monoisotopic (exact) mass is 255 g/mol. The summed E-state index contributed by atoms with van der Waals surface area (Å²) in [6.45, 7) is 2.03. The number of thioether (sulfide) groups is 1. The molecule has 1 aromatic carbocycles. The Labute approximate surface area is 106 Å². The van der Waals surface area contributed by atoms with E-state index < -0.39 is 6.09 Å². The van der Waals surface area contributed by atoms with Gasteiger partial charge >= 0.3 is 6.09 Å². The Hall–Kier alpha value is -1.36. The number of benzene rings is 1. The molecule has 0 aromatic heterocycles. The first kappa shape index (κ1) is 13.7. The summed E-state index contributed by atoms with van der Waals surface area (Å²) in [6, 6.07) is 7.15. The van der Waals surface area contributed by atoms with Gasteiger partial charge in [-0.3, -0.25) is 4.90 Å². The Balaban J connectivity index is 2.95. The van der Waals surface area contributed by atoms with Crippen LogP contribution in [-0.4, -0.2) is 29.9 Å². The Kier molecular flexibility index (Phi) is 5.15. The molecule has 0 aliphatic rings. The van der Waals surface area contributed by atoms with Gasteiger partial charge in [0.15, 0.2) is 0 Å². The van der Waals surface area contributed by atoms with Crippen molar-refractivity contribution in [2.45, 2.75) is 18.8 Å². The maximum Gasteiger partial charge on any atom is 0.411 e. The van der Waals surface area contributed by atoms with Gasteiger partial charge in [0.1, 0.15) is 11.2 Å². The Bertz CT molecular complexity index is 380. The fourth-order valence-electron chi connectivity index (χ4n) is 1.38. The third kappa shape index (κ3) is 3.56. The standard InChI is InChI=1S/C12H17NO3S/c1-4-11(17-3)16-10-8-6-5-7-9(10)13(2)12(14)15/h5-8,11H,4H2,1-3H3,(H,14,15). The van der Waals surface area contributed by atoms with Gasteiger partial charge in [-0.2, -0.15) is 0 Å². The number of hydrogen-bond donors (Lipinski definition) is 1. The van der Waals surface area contributed by atoms with Crippen molar-refractivity contribution in [3.05, 3.63) is 24.3 Å². The van der Waals surface area contributed by atoms with Crippen molar-refractivity contribution in [2.24, 2.45) is 0 Å². The van der Waals surface area contributed by atoms with Crippen LogP contribution in [0.5, 0.6) is 5.75 Å². The second kappa shape index (κ2) is 6.39. The molecular weight excluding hydrogens is 238 g/mol. The van der Waals surface area contributed by atoms with Crippen molar-refractivity contribution < 1.29 is 14.6 Å². The van der Waals surface area contributed by atoms with Gasteiger partial charge in [-0.15, -0.1) is 11.8 Å². The highest BCUT2D eigenvalue weighted by Crippen LogP contribution is 2.30. The first-order valence-corrected chi connectivity index (χ1v) is 6.64. The van der Waals surface area contributed by atoms with E-state index in [9.17, 15) is 4.79 Å². The van der Waals surface area contributed by atoms with Crippen LogP contribution >= 0.6 is 11.8 Å². The number of amides is 1. The molecule has 0 spiro atoms. The van der Waals surface area contributed by atoms with Crippen LogP contribution in [0.25, 0.3) is 0 Å². The predicted molar refractivity (Wildman–Crippen MR) is 71.1 cm³/mol. The first-order valence-electron chi connectivity index (χ1n) is 5.35. The molecule has 1 amide bonds. The Morgan fingerprint density at radius 3 is 2.71 bits per heavy atom. The molecule has 0 aliphatic carbocycles. The molecule has 5 heteroatoms. The lowest BCUT2D eigenvalue weighted by Gasteiger charge is -2.21. The highest BCUT2D eigenvalue weighted by Gasteiger charge is 2.15. The number of para-hydroxylation sites is 2. The van der Waals surface area contributed by atoms with Crippen LogP contribution in [0.15, 0.2) is 24.3 Å². The van der Waals surface area contributed by atoms with Gasteiger partial charge in [-0.1, -0.05) is 19.1 Å². The molecule has 4 nitrogen and oxygen atoms in total. The van der Waals surface area contributed by atoms with Crippen LogP contribution in [0.4, 0.5) is 10.5 Å². The van der Waals surface area contributed by atoms with Crippen LogP contribution in [-0.2, 0) is 0 Å². The van der Waals surface area contributed by atoms with Crippen LogP contribution < -0.4 is 9.64 Å². The molecule has 0 heterocycles. The quantitative estimate of drug-likeness (QED) is 0.820. The summed E-state index contributed by atoms with van der Waals surface area (Å²) in [5.41, 5.74) is 0.603. The predicted octanol–water partition coefficient (Wildman–Crippen LogP) is 3.28. The van der Waals surface area contributed by atoms with Crippen molar-refractivity contribution in [3.8, 4) is 5.75 Å². The maximum absolute atomic E-state index is 10.9. The zero-order valence-corrected chi connectivity index (χ0v) is 11.0. The number of carboxylic acid groups (broad SMARTS) is 1. The molecular formula is C12H17NO3S. The minimum Gasteiger partial charge on any atom is -0.478 e. The normalized spacial score (nSPS) is 11.9. The van der Waals surface area contributed by atoms with E-state index in [2.05, 4.69) is 0 Å². The fourth-order valence-corrected chi connectivity index (χ4v) is 1.91. The molecule has 1 N–H and O–H groups in total. The van der Waals surface area contributed by atoms with E-state index in [0.29, 0.717) is 11.4 Å². The molecule has 0 aliphatic heterocycles. The van der Waals surface area contributed by atoms with Gasteiger partial charge in [-0.05, 0) is 24.8 Å². The van der Waals surface area contributed by atoms with Crippen LogP contribution in [0.1, 0.15) is 13.3 Å². The largest absolute Gasteiger partial charge is 0.478 e. The van der Waals surface area contributed by atoms with Crippen molar-refractivity contribution >= 4 is 23.5 Å². The lowest BCUT2D eigenvalue weighted by Crippen LogP contribution is -2.25. The van der Waals surface area contributed by atoms with Crippen LogP contribution in [0, 0.1) is 0 Å². The summed E-state index contributed by atoms with van der Waals surface area (Å²) in [5.74, 6) is 0.596. The third-order valence-corrected chi connectivity index (χ3v) is 3.32. The summed E-state index contributed by atoms with van der Waals surface area (Å²) >= 11 is 1.61. The van der Waals surface area contributed by atoms with Crippen LogP contribution in [0.2, 0.25) is 0 Å². The topological polar surface area (TPSA) is 49.8 Å².